The average molecular weight is 368 g/mol. The first-order valence-electron chi connectivity index (χ1n) is 6.63. The molecular weight excluding hydrogens is 351 g/mol. The van der Waals surface area contributed by atoms with E-state index in [4.69, 9.17) is 27.9 Å². The highest BCUT2D eigenvalue weighted by Gasteiger charge is 2.28. The first-order chi connectivity index (χ1) is 9.13. The number of ether oxygens (including phenoxy) is 1. The van der Waals surface area contributed by atoms with Crippen LogP contribution in [0.25, 0.3) is 0 Å². The summed E-state index contributed by atoms with van der Waals surface area (Å²) in [5, 5.41) is 0.686. The summed E-state index contributed by atoms with van der Waals surface area (Å²) in [5.41, 5.74) is 0. The van der Waals surface area contributed by atoms with Crippen LogP contribution in [0.1, 0.15) is 51.0 Å². The Morgan fingerprint density at radius 1 is 1.21 bits per heavy atom. The van der Waals surface area contributed by atoms with E-state index in [9.17, 15) is 0 Å². The number of hydrogen-bond acceptors (Lipinski definition) is 3. The minimum Gasteiger partial charge on any atom is -0.370 e. The lowest BCUT2D eigenvalue weighted by Gasteiger charge is -2.29. The molecule has 0 aliphatic heterocycles. The second kappa shape index (κ2) is 7.21. The van der Waals surface area contributed by atoms with Crippen LogP contribution < -0.4 is 0 Å². The molecule has 1 atom stereocenters. The molecule has 1 aliphatic rings. The second-order valence-corrected chi connectivity index (χ2v) is 6.26. The number of halogens is 3. The standard InChI is InChI=1S/C13H17BrCl2N2O/c1-2-19-10(8-6-4-3-5-7-8)13-17-11(15)9(14)12(16)18-13/h8,10H,2-7H2,1H3. The van der Waals surface area contributed by atoms with Crippen LogP contribution in [0, 0.1) is 5.92 Å². The van der Waals surface area contributed by atoms with Crippen molar-refractivity contribution in [2.45, 2.75) is 45.1 Å². The average Bonchev–Trinajstić information content (AvgIpc) is 2.42. The Labute approximate surface area is 132 Å². The van der Waals surface area contributed by atoms with Crippen LogP contribution in [-0.2, 0) is 4.74 Å². The van der Waals surface area contributed by atoms with E-state index < -0.39 is 0 Å². The highest BCUT2D eigenvalue weighted by atomic mass is 79.9. The van der Waals surface area contributed by atoms with Crippen LogP contribution in [0.5, 0.6) is 0 Å². The van der Waals surface area contributed by atoms with Crippen molar-refractivity contribution in [1.82, 2.24) is 9.97 Å². The SMILES string of the molecule is CCOC(c1nc(Cl)c(Br)c(Cl)n1)C1CCCCC1. The maximum absolute atomic E-state index is 6.06. The smallest absolute Gasteiger partial charge is 0.160 e. The van der Waals surface area contributed by atoms with Gasteiger partial charge in [0.05, 0.1) is 4.47 Å². The summed E-state index contributed by atoms with van der Waals surface area (Å²) in [6.45, 7) is 2.62. The van der Waals surface area contributed by atoms with Gasteiger partial charge in [0.2, 0.25) is 0 Å². The molecule has 1 aliphatic carbocycles. The first kappa shape index (κ1) is 15.5. The Morgan fingerprint density at radius 2 is 1.79 bits per heavy atom. The van der Waals surface area contributed by atoms with Gasteiger partial charge in [0.1, 0.15) is 16.4 Å². The largest absolute Gasteiger partial charge is 0.370 e. The van der Waals surface area contributed by atoms with Crippen LogP contribution in [0.3, 0.4) is 0 Å². The Balaban J connectivity index is 2.27. The molecule has 0 bridgehead atoms. The van der Waals surface area contributed by atoms with E-state index in [1.807, 2.05) is 6.92 Å². The molecule has 1 saturated carbocycles. The summed E-state index contributed by atoms with van der Waals surface area (Å²) >= 11 is 15.4. The molecule has 0 N–H and O–H groups in total. The Hall–Kier alpha value is 0.1000. The van der Waals surface area contributed by atoms with Gasteiger partial charge < -0.3 is 4.74 Å². The van der Waals surface area contributed by atoms with Crippen molar-refractivity contribution in [3.8, 4) is 0 Å². The topological polar surface area (TPSA) is 35.0 Å². The minimum atomic E-state index is -0.103. The summed E-state index contributed by atoms with van der Waals surface area (Å²) < 4.78 is 6.40. The van der Waals surface area contributed by atoms with Crippen molar-refractivity contribution < 1.29 is 4.74 Å². The zero-order chi connectivity index (χ0) is 13.8. The molecular formula is C13H17BrCl2N2O. The molecule has 0 aromatic carbocycles. The summed E-state index contributed by atoms with van der Waals surface area (Å²) in [7, 11) is 0. The van der Waals surface area contributed by atoms with E-state index in [0.29, 0.717) is 33.1 Å². The Bertz CT molecular complexity index is 416. The number of hydrogen-bond donors (Lipinski definition) is 0. The van der Waals surface area contributed by atoms with E-state index in [1.165, 1.54) is 19.3 Å². The third kappa shape index (κ3) is 3.81. The van der Waals surface area contributed by atoms with E-state index in [1.54, 1.807) is 0 Å². The molecule has 1 heterocycles. The third-order valence-electron chi connectivity index (χ3n) is 3.47. The molecule has 106 valence electrons. The van der Waals surface area contributed by atoms with Crippen molar-refractivity contribution in [2.24, 2.45) is 5.92 Å². The van der Waals surface area contributed by atoms with Crippen molar-refractivity contribution in [1.29, 1.82) is 0 Å². The van der Waals surface area contributed by atoms with Crippen LogP contribution >= 0.6 is 39.1 Å². The lowest BCUT2D eigenvalue weighted by molar-refractivity contribution is -0.000196. The fourth-order valence-electron chi connectivity index (χ4n) is 2.57. The quantitative estimate of drug-likeness (QED) is 0.685. The van der Waals surface area contributed by atoms with E-state index in [-0.39, 0.29) is 6.10 Å². The van der Waals surface area contributed by atoms with E-state index in [0.717, 1.165) is 12.8 Å². The molecule has 1 aromatic rings. The van der Waals surface area contributed by atoms with E-state index in [2.05, 4.69) is 25.9 Å². The van der Waals surface area contributed by atoms with Gasteiger partial charge in [0.15, 0.2) is 5.82 Å². The van der Waals surface area contributed by atoms with Gasteiger partial charge in [0, 0.05) is 6.61 Å². The minimum absolute atomic E-state index is 0.103. The fraction of sp³-hybridized carbons (Fsp3) is 0.692. The number of nitrogens with zero attached hydrogens (tertiary/aromatic N) is 2. The molecule has 19 heavy (non-hydrogen) atoms. The predicted molar refractivity (Wildman–Crippen MR) is 80.7 cm³/mol. The van der Waals surface area contributed by atoms with Gasteiger partial charge in [0.25, 0.3) is 0 Å². The normalized spacial score (nSPS) is 18.5. The van der Waals surface area contributed by atoms with Gasteiger partial charge >= 0.3 is 0 Å². The van der Waals surface area contributed by atoms with Gasteiger partial charge in [-0.2, -0.15) is 0 Å². The maximum Gasteiger partial charge on any atom is 0.160 e. The molecule has 0 saturated heterocycles. The van der Waals surface area contributed by atoms with Crippen molar-refractivity contribution in [2.75, 3.05) is 6.61 Å². The predicted octanol–water partition coefficient (Wildman–Crippen LogP) is 5.20. The lowest BCUT2D eigenvalue weighted by Crippen LogP contribution is -2.21. The van der Waals surface area contributed by atoms with Crippen LogP contribution in [0.15, 0.2) is 4.47 Å². The van der Waals surface area contributed by atoms with Gasteiger partial charge in [-0.15, -0.1) is 0 Å². The fourth-order valence-corrected chi connectivity index (χ4v) is 3.15. The van der Waals surface area contributed by atoms with Crippen molar-refractivity contribution in [3.05, 3.63) is 20.6 Å². The number of rotatable bonds is 4. The van der Waals surface area contributed by atoms with Crippen LogP contribution in [0.2, 0.25) is 10.3 Å². The molecule has 3 nitrogen and oxygen atoms in total. The summed E-state index contributed by atoms with van der Waals surface area (Å²) in [6.07, 6.45) is 5.99. The van der Waals surface area contributed by atoms with Gasteiger partial charge in [-0.3, -0.25) is 0 Å². The van der Waals surface area contributed by atoms with Crippen molar-refractivity contribution >= 4 is 39.1 Å². The molecule has 1 unspecified atom stereocenters. The zero-order valence-corrected chi connectivity index (χ0v) is 13.9. The Kier molecular flexibility index (Phi) is 5.87. The molecule has 0 amide bonds. The first-order valence-corrected chi connectivity index (χ1v) is 8.18. The molecule has 6 heteroatoms. The molecule has 0 spiro atoms. The van der Waals surface area contributed by atoms with Crippen LogP contribution in [0.4, 0.5) is 0 Å². The van der Waals surface area contributed by atoms with E-state index >= 15 is 0 Å². The monoisotopic (exact) mass is 366 g/mol. The number of aromatic nitrogens is 2. The van der Waals surface area contributed by atoms with Gasteiger partial charge in [-0.05, 0) is 41.6 Å². The van der Waals surface area contributed by atoms with Gasteiger partial charge in [-0.1, -0.05) is 42.5 Å². The highest BCUT2D eigenvalue weighted by molar-refractivity contribution is 9.10. The zero-order valence-electron chi connectivity index (χ0n) is 10.8. The molecule has 0 radical (unpaired) electrons. The lowest BCUT2D eigenvalue weighted by atomic mass is 9.85. The third-order valence-corrected chi connectivity index (χ3v) is 5.22. The summed E-state index contributed by atoms with van der Waals surface area (Å²) in [5.74, 6) is 1.06. The summed E-state index contributed by atoms with van der Waals surface area (Å²) in [4.78, 5) is 8.65. The van der Waals surface area contributed by atoms with Crippen LogP contribution in [-0.4, -0.2) is 16.6 Å². The molecule has 1 fully saturated rings. The molecule has 2 rings (SSSR count). The van der Waals surface area contributed by atoms with Gasteiger partial charge in [-0.25, -0.2) is 9.97 Å². The Morgan fingerprint density at radius 3 is 2.32 bits per heavy atom. The highest BCUT2D eigenvalue weighted by Crippen LogP contribution is 2.37. The van der Waals surface area contributed by atoms with Crippen molar-refractivity contribution in [3.63, 3.8) is 0 Å². The summed E-state index contributed by atoms with van der Waals surface area (Å²) in [6, 6.07) is 0. The maximum atomic E-state index is 6.06. The molecule has 1 aromatic heterocycles. The second-order valence-electron chi connectivity index (χ2n) is 4.75.